The second-order valence-electron chi connectivity index (χ2n) is 6.32. The molecule has 0 radical (unpaired) electrons. The molecule has 3 rings (SSSR count). The number of hydrogen-bond acceptors (Lipinski definition) is 7. The third-order valence-electron chi connectivity index (χ3n) is 3.83. The number of aromatic nitrogens is 2. The zero-order valence-corrected chi connectivity index (χ0v) is 18.0. The molecule has 1 heterocycles. The van der Waals surface area contributed by atoms with Gasteiger partial charge in [-0.05, 0) is 36.2 Å². The van der Waals surface area contributed by atoms with Crippen molar-refractivity contribution >= 4 is 45.7 Å². The number of thioether (sulfide) groups is 1. The van der Waals surface area contributed by atoms with E-state index < -0.39 is 6.36 Å². The van der Waals surface area contributed by atoms with Crippen molar-refractivity contribution in [3.8, 4) is 5.75 Å². The average molecular weight is 483 g/mol. The van der Waals surface area contributed by atoms with Crippen molar-refractivity contribution in [2.24, 2.45) is 0 Å². The third-order valence-corrected chi connectivity index (χ3v) is 5.81. The van der Waals surface area contributed by atoms with E-state index in [0.717, 1.165) is 40.8 Å². The molecule has 2 aromatic carbocycles. The van der Waals surface area contributed by atoms with Crippen molar-refractivity contribution in [1.29, 1.82) is 0 Å². The average Bonchev–Trinajstić information content (AvgIpc) is 3.19. The minimum atomic E-state index is -4.77. The summed E-state index contributed by atoms with van der Waals surface area (Å²) in [4.78, 5) is 24.1. The van der Waals surface area contributed by atoms with Crippen molar-refractivity contribution in [3.63, 3.8) is 0 Å². The lowest BCUT2D eigenvalue weighted by molar-refractivity contribution is -0.274. The Morgan fingerprint density at radius 1 is 0.969 bits per heavy atom. The molecule has 0 aliphatic carbocycles. The molecule has 0 saturated carbocycles. The number of nitrogens with one attached hydrogen (secondary N) is 2. The Labute approximate surface area is 189 Å². The van der Waals surface area contributed by atoms with Gasteiger partial charge < -0.3 is 15.4 Å². The topological polar surface area (TPSA) is 93.2 Å². The van der Waals surface area contributed by atoms with E-state index in [9.17, 15) is 22.8 Å². The lowest BCUT2D eigenvalue weighted by Crippen LogP contribution is -2.17. The highest BCUT2D eigenvalue weighted by molar-refractivity contribution is 8.01. The lowest BCUT2D eigenvalue weighted by Gasteiger charge is -2.09. The summed E-state index contributed by atoms with van der Waals surface area (Å²) in [5.74, 6) is -0.922. The SMILES string of the molecule is O=C(CSc1nnc(NC(=O)CCc2ccccc2)s1)Nc1ccc(OC(F)(F)F)cc1. The van der Waals surface area contributed by atoms with Gasteiger partial charge in [0.05, 0.1) is 5.75 Å². The zero-order chi connectivity index (χ0) is 23.0. The number of nitrogens with zero attached hydrogens (tertiary/aromatic N) is 2. The molecule has 0 saturated heterocycles. The maximum absolute atomic E-state index is 12.2. The van der Waals surface area contributed by atoms with Gasteiger partial charge in [0.25, 0.3) is 0 Å². The Balaban J connectivity index is 1.40. The van der Waals surface area contributed by atoms with Gasteiger partial charge in [-0.25, -0.2) is 0 Å². The molecule has 2 N–H and O–H groups in total. The van der Waals surface area contributed by atoms with Gasteiger partial charge in [-0.2, -0.15) is 0 Å². The fourth-order valence-corrected chi connectivity index (χ4v) is 4.04. The number of carbonyl (C=O) groups excluding carboxylic acids is 2. The molecule has 7 nitrogen and oxygen atoms in total. The maximum atomic E-state index is 12.2. The number of alkyl halides is 3. The molecule has 0 unspecified atom stereocenters. The van der Waals surface area contributed by atoms with Crippen LogP contribution in [-0.4, -0.2) is 34.1 Å². The van der Waals surface area contributed by atoms with E-state index in [0.29, 0.717) is 28.0 Å². The van der Waals surface area contributed by atoms with E-state index in [1.807, 2.05) is 30.3 Å². The summed E-state index contributed by atoms with van der Waals surface area (Å²) >= 11 is 2.27. The first-order chi connectivity index (χ1) is 15.3. The Kier molecular flexibility index (Phi) is 8.06. The molecule has 0 atom stereocenters. The van der Waals surface area contributed by atoms with Gasteiger partial charge >= 0.3 is 6.36 Å². The highest BCUT2D eigenvalue weighted by Gasteiger charge is 2.30. The summed E-state index contributed by atoms with van der Waals surface area (Å²) in [6.45, 7) is 0. The van der Waals surface area contributed by atoms with Gasteiger partial charge in [0, 0.05) is 12.1 Å². The fourth-order valence-electron chi connectivity index (χ4n) is 2.47. The van der Waals surface area contributed by atoms with Crippen LogP contribution in [0, 0.1) is 0 Å². The molecule has 3 aromatic rings. The third kappa shape index (κ3) is 8.19. The molecule has 0 fully saturated rings. The van der Waals surface area contributed by atoms with Crippen LogP contribution in [0.1, 0.15) is 12.0 Å². The van der Waals surface area contributed by atoms with E-state index in [2.05, 4.69) is 25.6 Å². The highest BCUT2D eigenvalue weighted by Crippen LogP contribution is 2.26. The smallest absolute Gasteiger partial charge is 0.406 e. The first-order valence-corrected chi connectivity index (χ1v) is 11.0. The molecule has 32 heavy (non-hydrogen) atoms. The van der Waals surface area contributed by atoms with Gasteiger partial charge in [-0.3, -0.25) is 9.59 Å². The van der Waals surface area contributed by atoms with Crippen LogP contribution < -0.4 is 15.4 Å². The van der Waals surface area contributed by atoms with Crippen LogP contribution in [0.25, 0.3) is 0 Å². The highest BCUT2D eigenvalue weighted by atomic mass is 32.2. The van der Waals surface area contributed by atoms with Crippen molar-refractivity contribution in [2.45, 2.75) is 23.5 Å². The Morgan fingerprint density at radius 3 is 2.38 bits per heavy atom. The van der Waals surface area contributed by atoms with E-state index in [4.69, 9.17) is 0 Å². The molecule has 0 aliphatic rings. The van der Waals surface area contributed by atoms with Gasteiger partial charge in [-0.1, -0.05) is 53.4 Å². The second kappa shape index (κ2) is 11.0. The number of carbonyl (C=O) groups is 2. The maximum Gasteiger partial charge on any atom is 0.573 e. The van der Waals surface area contributed by atoms with Crippen LogP contribution >= 0.6 is 23.1 Å². The Bertz CT molecular complexity index is 1040. The van der Waals surface area contributed by atoms with Gasteiger partial charge in [0.15, 0.2) is 4.34 Å². The summed E-state index contributed by atoms with van der Waals surface area (Å²) in [7, 11) is 0. The van der Waals surface area contributed by atoms with Gasteiger partial charge in [0.2, 0.25) is 16.9 Å². The zero-order valence-electron chi connectivity index (χ0n) is 16.4. The minimum Gasteiger partial charge on any atom is -0.406 e. The van der Waals surface area contributed by atoms with Crippen molar-refractivity contribution in [3.05, 3.63) is 60.2 Å². The molecule has 0 aliphatic heterocycles. The van der Waals surface area contributed by atoms with Crippen LogP contribution in [0.15, 0.2) is 58.9 Å². The summed E-state index contributed by atoms with van der Waals surface area (Å²) in [5.41, 5.74) is 1.39. The van der Waals surface area contributed by atoms with Crippen LogP contribution in [-0.2, 0) is 16.0 Å². The molecule has 12 heteroatoms. The number of anilines is 2. The largest absolute Gasteiger partial charge is 0.573 e. The summed E-state index contributed by atoms with van der Waals surface area (Å²) in [6.07, 6.45) is -3.86. The van der Waals surface area contributed by atoms with E-state index >= 15 is 0 Å². The number of amides is 2. The van der Waals surface area contributed by atoms with Gasteiger partial charge in [-0.15, -0.1) is 23.4 Å². The minimum absolute atomic E-state index is 0.0113. The van der Waals surface area contributed by atoms with Crippen molar-refractivity contribution in [2.75, 3.05) is 16.4 Å². The number of aryl methyl sites for hydroxylation is 1. The van der Waals surface area contributed by atoms with Gasteiger partial charge in [0.1, 0.15) is 5.75 Å². The van der Waals surface area contributed by atoms with Crippen LogP contribution in [0.2, 0.25) is 0 Å². The van der Waals surface area contributed by atoms with E-state index in [1.54, 1.807) is 0 Å². The lowest BCUT2D eigenvalue weighted by atomic mass is 10.1. The summed E-state index contributed by atoms with van der Waals surface area (Å²) in [5, 5.41) is 13.4. The van der Waals surface area contributed by atoms with Crippen LogP contribution in [0.3, 0.4) is 0 Å². The predicted molar refractivity (Wildman–Crippen MR) is 116 cm³/mol. The first-order valence-electron chi connectivity index (χ1n) is 9.22. The molecule has 0 spiro atoms. The monoisotopic (exact) mass is 482 g/mol. The van der Waals surface area contributed by atoms with E-state index in [-0.39, 0.29) is 23.3 Å². The number of ether oxygens (including phenoxy) is 1. The molecular formula is C20H17F3N4O3S2. The predicted octanol–water partition coefficient (Wildman–Crippen LogP) is 4.74. The van der Waals surface area contributed by atoms with Crippen LogP contribution in [0.4, 0.5) is 24.0 Å². The van der Waals surface area contributed by atoms with Crippen LogP contribution in [0.5, 0.6) is 5.75 Å². The summed E-state index contributed by atoms with van der Waals surface area (Å²) in [6, 6.07) is 14.4. The number of hydrogen-bond donors (Lipinski definition) is 2. The molecule has 1 aromatic heterocycles. The molecular weight excluding hydrogens is 465 g/mol. The van der Waals surface area contributed by atoms with E-state index in [1.165, 1.54) is 12.1 Å². The molecule has 2 amide bonds. The normalized spacial score (nSPS) is 11.1. The fraction of sp³-hybridized carbons (Fsp3) is 0.200. The Hall–Kier alpha value is -3.12. The Morgan fingerprint density at radius 2 is 1.69 bits per heavy atom. The number of halogens is 3. The first kappa shape index (κ1) is 23.5. The quantitative estimate of drug-likeness (QED) is 0.338. The second-order valence-corrected chi connectivity index (χ2v) is 8.52. The standard InChI is InChI=1S/C20H17F3N4O3S2/c21-20(22,23)30-15-9-7-14(8-10-15)24-17(29)12-31-19-27-26-18(32-19)25-16(28)11-6-13-4-2-1-3-5-13/h1-5,7-10H,6,11-12H2,(H,24,29)(H,25,26,28). The summed E-state index contributed by atoms with van der Waals surface area (Å²) < 4.78 is 40.8. The van der Waals surface area contributed by atoms with Crippen molar-refractivity contribution < 1.29 is 27.5 Å². The molecule has 168 valence electrons. The number of rotatable bonds is 9. The van der Waals surface area contributed by atoms with Crippen molar-refractivity contribution in [1.82, 2.24) is 10.2 Å². The number of benzene rings is 2. The molecule has 0 bridgehead atoms.